The number of ether oxygens (including phenoxy) is 1. The Morgan fingerprint density at radius 2 is 2.29 bits per heavy atom. The first kappa shape index (κ1) is 12.8. The Labute approximate surface area is 103 Å². The molecule has 2 aliphatic rings. The first-order chi connectivity index (χ1) is 7.94. The van der Waals surface area contributed by atoms with Gasteiger partial charge < -0.3 is 20.2 Å². The Kier molecular flexibility index (Phi) is 3.44. The molecule has 0 aromatic rings. The van der Waals surface area contributed by atoms with Crippen LogP contribution in [0, 0.1) is 12.5 Å². The van der Waals surface area contributed by atoms with E-state index >= 15 is 0 Å². The topological polar surface area (TPSA) is 87.7 Å². The summed E-state index contributed by atoms with van der Waals surface area (Å²) < 4.78 is 4.24. The van der Waals surface area contributed by atoms with Gasteiger partial charge in [0.25, 0.3) is 0 Å². The molecule has 0 aromatic carbocycles. The zero-order valence-electron chi connectivity index (χ0n) is 9.47. The lowest BCUT2D eigenvalue weighted by molar-refractivity contribution is -0.676. The quantitative estimate of drug-likeness (QED) is 0.237. The highest BCUT2D eigenvalue weighted by atomic mass is 32.2. The largest absolute Gasteiger partial charge is 0.759 e. The number of hydrogen-bond acceptors (Lipinski definition) is 7. The molecular formula is C10H13NO5S-2. The van der Waals surface area contributed by atoms with Crippen molar-refractivity contribution < 1.29 is 24.5 Å². The molecule has 0 radical (unpaired) electrons. The highest BCUT2D eigenvalue weighted by Crippen LogP contribution is 2.43. The fourth-order valence-corrected chi connectivity index (χ4v) is 3.50. The van der Waals surface area contributed by atoms with E-state index in [2.05, 4.69) is 14.9 Å². The highest BCUT2D eigenvalue weighted by Gasteiger charge is 2.46. The molecule has 2 saturated heterocycles. The molecule has 1 N–H and O–H groups in total. The third-order valence-corrected chi connectivity index (χ3v) is 4.56. The number of nitrogens with one attached hydrogen (secondary N) is 1. The van der Waals surface area contributed by atoms with E-state index < -0.39 is 17.9 Å². The fraction of sp³-hybridized carbons (Fsp3) is 0.700. The van der Waals surface area contributed by atoms with Gasteiger partial charge in [-0.25, -0.2) is 6.61 Å². The molecule has 0 aromatic heterocycles. The maximum Gasteiger partial charge on any atom is 0.319 e. The molecule has 2 fully saturated rings. The van der Waals surface area contributed by atoms with Crippen LogP contribution in [-0.4, -0.2) is 28.1 Å². The molecule has 0 aliphatic carbocycles. The van der Waals surface area contributed by atoms with Gasteiger partial charge in [0.1, 0.15) is 0 Å². The second kappa shape index (κ2) is 4.56. The van der Waals surface area contributed by atoms with Gasteiger partial charge in [-0.05, 0) is 0 Å². The number of carbonyl (C=O) groups is 2. The SMILES string of the molecule is CC1(C)S[C@H]([C@@H]2CC(=O)OC2=O)N[C@H]1[CH-]O[O-]. The van der Waals surface area contributed by atoms with Crippen LogP contribution in [0.1, 0.15) is 20.3 Å². The smallest absolute Gasteiger partial charge is 0.319 e. The van der Waals surface area contributed by atoms with Crippen LogP contribution in [0.3, 0.4) is 0 Å². The molecule has 17 heavy (non-hydrogen) atoms. The van der Waals surface area contributed by atoms with Gasteiger partial charge in [0.05, 0.1) is 17.7 Å². The van der Waals surface area contributed by atoms with E-state index in [1.807, 2.05) is 13.8 Å². The summed E-state index contributed by atoms with van der Waals surface area (Å²) in [7, 11) is 0. The summed E-state index contributed by atoms with van der Waals surface area (Å²) in [6.07, 6.45) is 0.0878. The molecule has 0 saturated carbocycles. The average Bonchev–Trinajstić information content (AvgIpc) is 2.68. The van der Waals surface area contributed by atoms with E-state index in [1.165, 1.54) is 11.8 Å². The monoisotopic (exact) mass is 259 g/mol. The standard InChI is InChI=1S/C10H14NO5S/c1-10(2)6(4-15-14)11-8(17-10)5-3-7(12)16-9(5)13/h4-6,8,11,14H,3H2,1-2H3/q-1/p-1/t5-,6-,8+/m0/s1. The summed E-state index contributed by atoms with van der Waals surface area (Å²) in [5.41, 5.74) is 0. The lowest BCUT2D eigenvalue weighted by Gasteiger charge is -2.35. The lowest BCUT2D eigenvalue weighted by Crippen LogP contribution is -2.42. The van der Waals surface area contributed by atoms with Gasteiger partial charge in [-0.1, -0.05) is 19.9 Å². The Morgan fingerprint density at radius 1 is 1.59 bits per heavy atom. The summed E-state index contributed by atoms with van der Waals surface area (Å²) in [5.74, 6) is -1.48. The Hall–Kier alpha value is -0.630. The summed E-state index contributed by atoms with van der Waals surface area (Å²) in [6.45, 7) is 5.04. The van der Waals surface area contributed by atoms with Crippen molar-refractivity contribution in [3.63, 3.8) is 0 Å². The minimum absolute atomic E-state index is 0.0878. The zero-order valence-corrected chi connectivity index (χ0v) is 10.3. The van der Waals surface area contributed by atoms with Gasteiger partial charge in [0.2, 0.25) is 0 Å². The number of cyclic esters (lactones) is 2. The van der Waals surface area contributed by atoms with Crippen molar-refractivity contribution in [3.8, 4) is 0 Å². The summed E-state index contributed by atoms with van der Waals surface area (Å²) in [4.78, 5) is 26.3. The molecule has 7 heteroatoms. The van der Waals surface area contributed by atoms with E-state index in [1.54, 1.807) is 0 Å². The average molecular weight is 259 g/mol. The number of hydrogen-bond donors (Lipinski definition) is 1. The summed E-state index contributed by atoms with van der Waals surface area (Å²) in [6, 6.07) is -0.265. The second-order valence-corrected chi connectivity index (χ2v) is 6.42. The predicted octanol–water partition coefficient (Wildman–Crippen LogP) is -0.661. The molecule has 96 valence electrons. The van der Waals surface area contributed by atoms with E-state index in [-0.39, 0.29) is 22.6 Å². The number of esters is 2. The van der Waals surface area contributed by atoms with Crippen LogP contribution in [0.4, 0.5) is 0 Å². The molecule has 2 aliphatic heterocycles. The molecular weight excluding hydrogens is 246 g/mol. The van der Waals surface area contributed by atoms with Crippen LogP contribution in [0.15, 0.2) is 0 Å². The molecule has 0 bridgehead atoms. The van der Waals surface area contributed by atoms with Crippen LogP contribution in [0.5, 0.6) is 0 Å². The van der Waals surface area contributed by atoms with Crippen molar-refractivity contribution in [2.45, 2.75) is 36.4 Å². The Morgan fingerprint density at radius 3 is 2.82 bits per heavy atom. The van der Waals surface area contributed by atoms with Gasteiger partial charge in [0, 0.05) is 4.75 Å². The van der Waals surface area contributed by atoms with Crippen LogP contribution < -0.4 is 10.6 Å². The van der Waals surface area contributed by atoms with Crippen LogP contribution >= 0.6 is 11.8 Å². The van der Waals surface area contributed by atoms with Gasteiger partial charge in [-0.3, -0.25) is 9.59 Å². The van der Waals surface area contributed by atoms with Crippen molar-refractivity contribution >= 4 is 23.7 Å². The zero-order chi connectivity index (χ0) is 12.6. The molecule has 0 amide bonds. The fourth-order valence-electron chi connectivity index (χ4n) is 1.99. The van der Waals surface area contributed by atoms with Crippen LogP contribution in [-0.2, 0) is 19.2 Å². The van der Waals surface area contributed by atoms with E-state index in [9.17, 15) is 14.8 Å². The van der Waals surface area contributed by atoms with Crippen molar-refractivity contribution in [2.75, 3.05) is 0 Å². The Bertz CT molecular complexity index is 346. The van der Waals surface area contributed by atoms with Gasteiger partial charge in [0.15, 0.2) is 0 Å². The molecule has 0 spiro atoms. The van der Waals surface area contributed by atoms with Gasteiger partial charge >= 0.3 is 11.9 Å². The van der Waals surface area contributed by atoms with E-state index in [4.69, 9.17) is 0 Å². The number of rotatable bonds is 3. The Balaban J connectivity index is 2.05. The van der Waals surface area contributed by atoms with Crippen molar-refractivity contribution in [1.29, 1.82) is 0 Å². The maximum absolute atomic E-state index is 11.4. The third-order valence-electron chi connectivity index (χ3n) is 2.98. The minimum Gasteiger partial charge on any atom is -0.759 e. The van der Waals surface area contributed by atoms with E-state index in [0.717, 1.165) is 6.61 Å². The van der Waals surface area contributed by atoms with Crippen LogP contribution in [0.25, 0.3) is 0 Å². The van der Waals surface area contributed by atoms with Crippen molar-refractivity contribution in [3.05, 3.63) is 6.61 Å². The molecule has 2 heterocycles. The molecule has 0 unspecified atom stereocenters. The van der Waals surface area contributed by atoms with Gasteiger partial charge in [-0.2, -0.15) is 0 Å². The number of carbonyl (C=O) groups excluding carboxylic acids is 2. The predicted molar refractivity (Wildman–Crippen MR) is 57.0 cm³/mol. The number of thioether (sulfide) groups is 1. The molecule has 2 rings (SSSR count). The summed E-state index contributed by atoms with van der Waals surface area (Å²) in [5, 5.41) is 13.0. The molecule has 6 nitrogen and oxygen atoms in total. The molecule has 3 atom stereocenters. The van der Waals surface area contributed by atoms with Crippen LogP contribution in [0.2, 0.25) is 0 Å². The summed E-state index contributed by atoms with van der Waals surface area (Å²) >= 11 is 1.50. The minimum atomic E-state index is -0.500. The highest BCUT2D eigenvalue weighted by molar-refractivity contribution is 8.01. The third kappa shape index (κ3) is 2.47. The van der Waals surface area contributed by atoms with Gasteiger partial charge in [-0.15, -0.1) is 11.8 Å². The second-order valence-electron chi connectivity index (χ2n) is 4.62. The maximum atomic E-state index is 11.4. The van der Waals surface area contributed by atoms with Crippen molar-refractivity contribution in [1.82, 2.24) is 5.32 Å². The van der Waals surface area contributed by atoms with Crippen molar-refractivity contribution in [2.24, 2.45) is 5.92 Å². The normalized spacial score (nSPS) is 36.3. The lowest BCUT2D eigenvalue weighted by atomic mass is 10.0. The first-order valence-electron chi connectivity index (χ1n) is 5.24. The van der Waals surface area contributed by atoms with E-state index in [0.29, 0.717) is 0 Å². The first-order valence-corrected chi connectivity index (χ1v) is 6.12.